The fourth-order valence-electron chi connectivity index (χ4n) is 4.39. The molecule has 1 aliphatic rings. The predicted molar refractivity (Wildman–Crippen MR) is 130 cm³/mol. The lowest BCUT2D eigenvalue weighted by atomic mass is 9.78. The molecule has 0 radical (unpaired) electrons. The van der Waals surface area contributed by atoms with E-state index in [1.807, 2.05) is 54.6 Å². The van der Waals surface area contributed by atoms with Crippen LogP contribution in [-0.2, 0) is 25.5 Å². The van der Waals surface area contributed by atoms with Gasteiger partial charge in [0.15, 0.2) is 5.78 Å². The maximum Gasteiger partial charge on any atom is 0.326 e. The van der Waals surface area contributed by atoms with Crippen molar-refractivity contribution in [2.75, 3.05) is 7.11 Å². The molecule has 2 aromatic rings. The van der Waals surface area contributed by atoms with Crippen LogP contribution in [0.5, 0.6) is 0 Å². The van der Waals surface area contributed by atoms with Gasteiger partial charge in [-0.25, -0.2) is 4.79 Å². The highest BCUT2D eigenvalue weighted by molar-refractivity contribution is 7.81. The number of nitrogens with one attached hydrogen (secondary N) is 1. The number of carboxylic acids is 1. The van der Waals surface area contributed by atoms with E-state index in [-0.39, 0.29) is 12.2 Å². The fraction of sp³-hybridized carbons (Fsp3) is 0.423. The van der Waals surface area contributed by atoms with Crippen molar-refractivity contribution in [1.82, 2.24) is 5.32 Å². The third-order valence-electron chi connectivity index (χ3n) is 6.55. The van der Waals surface area contributed by atoms with Gasteiger partial charge in [0.25, 0.3) is 0 Å². The molecule has 2 N–H and O–H groups in total. The highest BCUT2D eigenvalue weighted by Gasteiger charge is 2.50. The van der Waals surface area contributed by atoms with E-state index in [4.69, 9.17) is 4.74 Å². The summed E-state index contributed by atoms with van der Waals surface area (Å²) in [5.41, 5.74) is 1.62. The number of carbonyl (C=O) groups excluding carboxylic acids is 2. The Morgan fingerprint density at radius 1 is 1.03 bits per heavy atom. The largest absolute Gasteiger partial charge is 0.480 e. The highest BCUT2D eigenvalue weighted by Crippen LogP contribution is 2.41. The number of Topliss-reactive ketones (excluding diaryl/α,β-unsaturated/α-hetero) is 1. The molecule has 1 amide bonds. The number of carboxylic acid groups (broad SMARTS) is 1. The van der Waals surface area contributed by atoms with Crippen LogP contribution in [0.3, 0.4) is 0 Å². The molecular weight excluding hydrogens is 438 g/mol. The van der Waals surface area contributed by atoms with Crippen molar-refractivity contribution in [3.63, 3.8) is 0 Å². The maximum absolute atomic E-state index is 13.3. The van der Waals surface area contributed by atoms with Crippen LogP contribution in [0.25, 0.3) is 11.1 Å². The van der Waals surface area contributed by atoms with Gasteiger partial charge in [0, 0.05) is 13.5 Å². The monoisotopic (exact) mass is 469 g/mol. The van der Waals surface area contributed by atoms with Gasteiger partial charge in [-0.2, -0.15) is 12.6 Å². The lowest BCUT2D eigenvalue weighted by Gasteiger charge is -2.31. The molecule has 1 aliphatic carbocycles. The van der Waals surface area contributed by atoms with Crippen LogP contribution in [0.2, 0.25) is 0 Å². The van der Waals surface area contributed by atoms with Crippen LogP contribution in [0, 0.1) is 5.41 Å². The number of thiol groups is 1. The fourth-order valence-corrected chi connectivity index (χ4v) is 4.75. The molecule has 0 unspecified atom stereocenters. The van der Waals surface area contributed by atoms with Gasteiger partial charge >= 0.3 is 5.97 Å². The first kappa shape index (κ1) is 25.0. The van der Waals surface area contributed by atoms with Gasteiger partial charge in [-0.05, 0) is 36.5 Å². The number of hydrogen-bond donors (Lipinski definition) is 3. The first-order chi connectivity index (χ1) is 15.8. The number of ether oxygens (including phenoxy) is 1. The normalized spacial score (nSPS) is 17.7. The molecule has 0 aliphatic heterocycles. The molecule has 3 atom stereocenters. The summed E-state index contributed by atoms with van der Waals surface area (Å²) < 4.78 is 5.23. The van der Waals surface area contributed by atoms with Crippen molar-refractivity contribution in [3.8, 4) is 11.1 Å². The van der Waals surface area contributed by atoms with E-state index >= 15 is 0 Å². The highest BCUT2D eigenvalue weighted by atomic mass is 32.1. The molecule has 7 heteroatoms. The Morgan fingerprint density at radius 2 is 1.61 bits per heavy atom. The average Bonchev–Trinajstić information content (AvgIpc) is 3.34. The van der Waals surface area contributed by atoms with E-state index in [9.17, 15) is 19.5 Å². The number of methoxy groups -OCH3 is 1. The minimum Gasteiger partial charge on any atom is -0.480 e. The second-order valence-corrected chi connectivity index (χ2v) is 9.23. The average molecular weight is 470 g/mol. The molecule has 0 saturated heterocycles. The van der Waals surface area contributed by atoms with Crippen molar-refractivity contribution >= 4 is 30.3 Å². The quantitative estimate of drug-likeness (QED) is 0.362. The zero-order chi connectivity index (χ0) is 24.0. The number of benzene rings is 2. The Kier molecular flexibility index (Phi) is 8.32. The summed E-state index contributed by atoms with van der Waals surface area (Å²) in [6.07, 6.45) is 1.93. The first-order valence-electron chi connectivity index (χ1n) is 11.2. The SMILES string of the molecule is CO[C@@H](C)[C@H](S)C(=O)C1(C(=O)N[C@@H](Cc2ccc(-c3ccccc3)cc2)C(=O)O)CCCC1. The van der Waals surface area contributed by atoms with E-state index in [2.05, 4.69) is 17.9 Å². The summed E-state index contributed by atoms with van der Waals surface area (Å²) in [5, 5.41) is 11.7. The zero-order valence-electron chi connectivity index (χ0n) is 19.0. The summed E-state index contributed by atoms with van der Waals surface area (Å²) in [6.45, 7) is 1.73. The molecule has 1 fully saturated rings. The van der Waals surface area contributed by atoms with E-state index in [1.165, 1.54) is 7.11 Å². The molecule has 33 heavy (non-hydrogen) atoms. The van der Waals surface area contributed by atoms with Crippen molar-refractivity contribution in [2.24, 2.45) is 5.41 Å². The molecule has 3 rings (SSSR count). The summed E-state index contributed by atoms with van der Waals surface area (Å²) in [6, 6.07) is 16.4. The van der Waals surface area contributed by atoms with Gasteiger partial charge in [-0.15, -0.1) is 0 Å². The van der Waals surface area contributed by atoms with Crippen LogP contribution < -0.4 is 5.32 Å². The maximum atomic E-state index is 13.3. The number of ketones is 1. The molecule has 0 bridgehead atoms. The number of carbonyl (C=O) groups is 3. The van der Waals surface area contributed by atoms with Gasteiger partial charge in [0.05, 0.1) is 11.4 Å². The Bertz CT molecular complexity index is 970. The van der Waals surface area contributed by atoms with Crippen molar-refractivity contribution < 1.29 is 24.2 Å². The summed E-state index contributed by atoms with van der Waals surface area (Å²) in [4.78, 5) is 38.5. The Hall–Kier alpha value is -2.64. The number of amides is 1. The van der Waals surface area contributed by atoms with Crippen LogP contribution in [0.1, 0.15) is 38.2 Å². The standard InChI is InChI=1S/C26H31NO5S/c1-17(32-2)22(33)23(28)26(14-6-7-15-26)25(31)27-21(24(29)30)16-18-10-12-20(13-11-18)19-8-4-3-5-9-19/h3-5,8-13,17,21-22,33H,6-7,14-16H2,1-2H3,(H,27,31)(H,29,30)/t17-,21-,22-/m0/s1. The van der Waals surface area contributed by atoms with Crippen molar-refractivity contribution in [1.29, 1.82) is 0 Å². The molecule has 6 nitrogen and oxygen atoms in total. The third-order valence-corrected chi connectivity index (χ3v) is 7.21. The molecule has 176 valence electrons. The summed E-state index contributed by atoms with van der Waals surface area (Å²) >= 11 is 4.40. The Balaban J connectivity index is 1.75. The second-order valence-electron chi connectivity index (χ2n) is 8.67. The Morgan fingerprint density at radius 3 is 2.15 bits per heavy atom. The molecule has 0 spiro atoms. The molecule has 1 saturated carbocycles. The predicted octanol–water partition coefficient (Wildman–Crippen LogP) is 3.93. The van der Waals surface area contributed by atoms with Crippen LogP contribution in [0.4, 0.5) is 0 Å². The second kappa shape index (κ2) is 11.0. The van der Waals surface area contributed by atoms with Gasteiger partial charge in [0.2, 0.25) is 5.91 Å². The Labute approximate surface area is 200 Å². The molecule has 0 heterocycles. The zero-order valence-corrected chi connectivity index (χ0v) is 19.9. The minimum atomic E-state index is -1.26. The third kappa shape index (κ3) is 5.65. The van der Waals surface area contributed by atoms with Crippen LogP contribution in [-0.4, -0.2) is 47.3 Å². The smallest absolute Gasteiger partial charge is 0.326 e. The molecular formula is C26H31NO5S. The van der Waals surface area contributed by atoms with E-state index in [0.29, 0.717) is 12.8 Å². The molecule has 2 aromatic carbocycles. The molecule has 0 aromatic heterocycles. The first-order valence-corrected chi connectivity index (χ1v) is 11.7. The minimum absolute atomic E-state index is 0.124. The lowest BCUT2D eigenvalue weighted by Crippen LogP contribution is -2.54. The van der Waals surface area contributed by atoms with Crippen LogP contribution >= 0.6 is 12.6 Å². The number of hydrogen-bond acceptors (Lipinski definition) is 5. The van der Waals surface area contributed by atoms with Crippen molar-refractivity contribution in [3.05, 3.63) is 60.2 Å². The number of aliphatic carboxylic acids is 1. The van der Waals surface area contributed by atoms with Crippen LogP contribution in [0.15, 0.2) is 54.6 Å². The van der Waals surface area contributed by atoms with E-state index < -0.39 is 34.7 Å². The summed E-state index contributed by atoms with van der Waals surface area (Å²) in [5.74, 6) is -1.96. The topological polar surface area (TPSA) is 92.7 Å². The summed E-state index contributed by atoms with van der Waals surface area (Å²) in [7, 11) is 1.49. The van der Waals surface area contributed by atoms with Gasteiger partial charge in [-0.3, -0.25) is 9.59 Å². The van der Waals surface area contributed by atoms with E-state index in [1.54, 1.807) is 6.92 Å². The lowest BCUT2D eigenvalue weighted by molar-refractivity contribution is -0.148. The number of rotatable bonds is 10. The van der Waals surface area contributed by atoms with Crippen molar-refractivity contribution in [2.45, 2.75) is 56.4 Å². The van der Waals surface area contributed by atoms with Gasteiger partial charge < -0.3 is 15.2 Å². The van der Waals surface area contributed by atoms with Gasteiger partial charge in [0.1, 0.15) is 11.5 Å². The van der Waals surface area contributed by atoms with E-state index in [0.717, 1.165) is 29.5 Å². The van der Waals surface area contributed by atoms with Gasteiger partial charge in [-0.1, -0.05) is 67.4 Å².